The van der Waals surface area contributed by atoms with E-state index in [0.29, 0.717) is 41.2 Å². The Morgan fingerprint density at radius 2 is 1.62 bits per heavy atom. The number of methoxy groups -OCH3 is 1. The molecule has 0 aliphatic carbocycles. The second kappa shape index (κ2) is 11.2. The fourth-order valence-corrected chi connectivity index (χ4v) is 5.00. The Bertz CT molecular complexity index is 984. The van der Waals surface area contributed by atoms with Crippen molar-refractivity contribution in [1.82, 2.24) is 14.7 Å². The van der Waals surface area contributed by atoms with Crippen molar-refractivity contribution in [2.24, 2.45) is 0 Å². The molecular weight excluding hydrogens is 452 g/mol. The predicted molar refractivity (Wildman–Crippen MR) is 135 cm³/mol. The molecule has 0 saturated carbocycles. The maximum atomic E-state index is 13.4. The largest absolute Gasteiger partial charge is 0.497 e. The number of ether oxygens (including phenoxy) is 1. The second-order valence-corrected chi connectivity index (χ2v) is 9.43. The fraction of sp³-hybridized carbons (Fsp3) is 0.462. The molecule has 0 N–H and O–H groups in total. The number of nitrogens with zero attached hydrogens (tertiary/aromatic N) is 4. The van der Waals surface area contributed by atoms with Gasteiger partial charge in [0.15, 0.2) is 0 Å². The standard InChI is InChI=1S/C26H33ClN4O3/c1-28-13-11-21(12-14-28)29-15-17-30(18-16-29)25(32)19-31(24-6-4-3-5-23(24)27)26(33)20-7-9-22(34-2)10-8-20/h3-10,21H,11-19H2,1-2H3. The highest BCUT2D eigenvalue weighted by Crippen LogP contribution is 2.27. The van der Waals surface area contributed by atoms with Gasteiger partial charge in [0.2, 0.25) is 5.91 Å². The molecule has 0 radical (unpaired) electrons. The molecule has 34 heavy (non-hydrogen) atoms. The van der Waals surface area contributed by atoms with E-state index in [1.165, 1.54) is 17.7 Å². The van der Waals surface area contributed by atoms with Crippen LogP contribution in [0.1, 0.15) is 23.2 Å². The van der Waals surface area contributed by atoms with Gasteiger partial charge in [-0.2, -0.15) is 0 Å². The summed E-state index contributed by atoms with van der Waals surface area (Å²) in [6.07, 6.45) is 2.36. The van der Waals surface area contributed by atoms with Crippen molar-refractivity contribution >= 4 is 29.1 Å². The maximum absolute atomic E-state index is 13.4. The smallest absolute Gasteiger partial charge is 0.258 e. The number of rotatable bonds is 6. The Morgan fingerprint density at radius 3 is 2.24 bits per heavy atom. The number of piperazine rings is 1. The van der Waals surface area contributed by atoms with Gasteiger partial charge in [0, 0.05) is 37.8 Å². The van der Waals surface area contributed by atoms with Crippen LogP contribution in [-0.4, -0.2) is 92.5 Å². The van der Waals surface area contributed by atoms with E-state index in [1.54, 1.807) is 43.5 Å². The molecule has 2 amide bonds. The zero-order chi connectivity index (χ0) is 24.1. The second-order valence-electron chi connectivity index (χ2n) is 9.02. The number of piperidine rings is 1. The third kappa shape index (κ3) is 5.71. The third-order valence-corrected chi connectivity index (χ3v) is 7.21. The van der Waals surface area contributed by atoms with Crippen molar-refractivity contribution < 1.29 is 14.3 Å². The fourth-order valence-electron chi connectivity index (χ4n) is 4.76. The number of anilines is 1. The number of carbonyl (C=O) groups excluding carboxylic acids is 2. The summed E-state index contributed by atoms with van der Waals surface area (Å²) in [5, 5.41) is 0.434. The summed E-state index contributed by atoms with van der Waals surface area (Å²) in [6, 6.07) is 14.6. The van der Waals surface area contributed by atoms with Crippen molar-refractivity contribution in [3.8, 4) is 5.75 Å². The van der Waals surface area contributed by atoms with E-state index in [9.17, 15) is 9.59 Å². The van der Waals surface area contributed by atoms with Crippen LogP contribution in [0.25, 0.3) is 0 Å². The Kier molecular flexibility index (Phi) is 8.08. The summed E-state index contributed by atoms with van der Waals surface area (Å²) in [5.74, 6) is 0.332. The van der Waals surface area contributed by atoms with E-state index in [4.69, 9.17) is 16.3 Å². The van der Waals surface area contributed by atoms with Gasteiger partial charge in [-0.15, -0.1) is 0 Å². The van der Waals surface area contributed by atoms with Crippen LogP contribution in [0.5, 0.6) is 5.75 Å². The Hall–Kier alpha value is -2.61. The molecule has 2 saturated heterocycles. The topological polar surface area (TPSA) is 56.3 Å². The highest BCUT2D eigenvalue weighted by molar-refractivity contribution is 6.34. The van der Waals surface area contributed by atoms with Crippen molar-refractivity contribution in [3.63, 3.8) is 0 Å². The number of likely N-dealkylation sites (tertiary alicyclic amines) is 1. The molecule has 0 spiro atoms. The molecule has 8 heteroatoms. The Labute approximate surface area is 206 Å². The van der Waals surface area contributed by atoms with Crippen LogP contribution in [0.15, 0.2) is 48.5 Å². The average molecular weight is 485 g/mol. The molecule has 0 bridgehead atoms. The molecule has 2 aliphatic heterocycles. The van der Waals surface area contributed by atoms with Crippen LogP contribution < -0.4 is 9.64 Å². The lowest BCUT2D eigenvalue weighted by Gasteiger charge is -2.42. The van der Waals surface area contributed by atoms with Gasteiger partial charge in [-0.25, -0.2) is 0 Å². The van der Waals surface area contributed by atoms with Gasteiger partial charge >= 0.3 is 0 Å². The minimum Gasteiger partial charge on any atom is -0.497 e. The van der Waals surface area contributed by atoms with E-state index >= 15 is 0 Å². The molecule has 2 aliphatic rings. The summed E-state index contributed by atoms with van der Waals surface area (Å²) in [7, 11) is 3.75. The van der Waals surface area contributed by atoms with Crippen LogP contribution in [0.3, 0.4) is 0 Å². The average Bonchev–Trinajstić information content (AvgIpc) is 2.88. The first kappa shape index (κ1) is 24.5. The molecule has 0 unspecified atom stereocenters. The molecule has 0 atom stereocenters. The summed E-state index contributed by atoms with van der Waals surface area (Å²) in [5.41, 5.74) is 1.00. The van der Waals surface area contributed by atoms with Crippen LogP contribution in [0, 0.1) is 0 Å². The first-order valence-electron chi connectivity index (χ1n) is 11.9. The Morgan fingerprint density at radius 1 is 0.971 bits per heavy atom. The Balaban J connectivity index is 1.44. The molecular formula is C26H33ClN4O3. The van der Waals surface area contributed by atoms with Crippen molar-refractivity contribution in [1.29, 1.82) is 0 Å². The number of benzene rings is 2. The summed E-state index contributed by atoms with van der Waals surface area (Å²) < 4.78 is 5.20. The molecule has 2 fully saturated rings. The highest BCUT2D eigenvalue weighted by atomic mass is 35.5. The third-order valence-electron chi connectivity index (χ3n) is 6.89. The lowest BCUT2D eigenvalue weighted by molar-refractivity contribution is -0.131. The lowest BCUT2D eigenvalue weighted by Crippen LogP contribution is -2.55. The normalized spacial score (nSPS) is 18.0. The van der Waals surface area contributed by atoms with Gasteiger partial charge in [0.25, 0.3) is 5.91 Å². The maximum Gasteiger partial charge on any atom is 0.258 e. The molecule has 2 aromatic carbocycles. The summed E-state index contributed by atoms with van der Waals surface area (Å²) >= 11 is 6.43. The van der Waals surface area contributed by atoms with Gasteiger partial charge in [0.1, 0.15) is 12.3 Å². The summed E-state index contributed by atoms with van der Waals surface area (Å²) in [4.78, 5) is 35.0. The monoisotopic (exact) mass is 484 g/mol. The number of amides is 2. The molecule has 0 aromatic heterocycles. The van der Waals surface area contributed by atoms with Gasteiger partial charge < -0.3 is 14.5 Å². The van der Waals surface area contributed by atoms with Crippen LogP contribution in [0.4, 0.5) is 5.69 Å². The predicted octanol–water partition coefficient (Wildman–Crippen LogP) is 3.23. The van der Waals surface area contributed by atoms with Crippen molar-refractivity contribution in [2.75, 3.05) is 64.9 Å². The van der Waals surface area contributed by atoms with E-state index < -0.39 is 0 Å². The van der Waals surface area contributed by atoms with Gasteiger partial charge in [-0.3, -0.25) is 19.4 Å². The van der Waals surface area contributed by atoms with Crippen LogP contribution >= 0.6 is 11.6 Å². The molecule has 7 nitrogen and oxygen atoms in total. The quantitative estimate of drug-likeness (QED) is 0.630. The van der Waals surface area contributed by atoms with Crippen molar-refractivity contribution in [2.45, 2.75) is 18.9 Å². The first-order valence-corrected chi connectivity index (χ1v) is 12.2. The van der Waals surface area contributed by atoms with E-state index in [1.807, 2.05) is 17.0 Å². The van der Waals surface area contributed by atoms with Crippen LogP contribution in [-0.2, 0) is 4.79 Å². The molecule has 182 valence electrons. The van der Waals surface area contributed by atoms with Gasteiger partial charge in [0.05, 0.1) is 17.8 Å². The highest BCUT2D eigenvalue weighted by Gasteiger charge is 2.30. The molecule has 2 aromatic rings. The SMILES string of the molecule is COc1ccc(C(=O)N(CC(=O)N2CCN(C3CCN(C)CC3)CC2)c2ccccc2Cl)cc1. The minimum absolute atomic E-state index is 0.0528. The molecule has 4 rings (SSSR count). The number of halogens is 1. The van der Waals surface area contributed by atoms with Gasteiger partial charge in [-0.05, 0) is 69.4 Å². The number of hydrogen-bond donors (Lipinski definition) is 0. The van der Waals surface area contributed by atoms with E-state index in [-0.39, 0.29) is 18.4 Å². The van der Waals surface area contributed by atoms with E-state index in [2.05, 4.69) is 16.8 Å². The zero-order valence-corrected chi connectivity index (χ0v) is 20.7. The van der Waals surface area contributed by atoms with Crippen LogP contribution in [0.2, 0.25) is 5.02 Å². The minimum atomic E-state index is -0.269. The van der Waals surface area contributed by atoms with Crippen molar-refractivity contribution in [3.05, 3.63) is 59.1 Å². The summed E-state index contributed by atoms with van der Waals surface area (Å²) in [6.45, 7) is 5.31. The van der Waals surface area contributed by atoms with E-state index in [0.717, 1.165) is 26.2 Å². The number of carbonyl (C=O) groups is 2. The number of para-hydroxylation sites is 1. The first-order chi connectivity index (χ1) is 16.5. The lowest BCUT2D eigenvalue weighted by atomic mass is 10.0. The molecule has 2 heterocycles. The zero-order valence-electron chi connectivity index (χ0n) is 20.0. The number of hydrogen-bond acceptors (Lipinski definition) is 5. The van der Waals surface area contributed by atoms with Gasteiger partial charge in [-0.1, -0.05) is 23.7 Å².